The van der Waals surface area contributed by atoms with Crippen molar-refractivity contribution in [3.63, 3.8) is 0 Å². The molecule has 1 N–H and O–H groups in total. The zero-order chi connectivity index (χ0) is 37.7. The summed E-state index contributed by atoms with van der Waals surface area (Å²) < 4.78 is 13.2. The van der Waals surface area contributed by atoms with E-state index in [-0.39, 0.29) is 70.2 Å². The number of esters is 2. The second-order valence-electron chi connectivity index (χ2n) is 19.2. The molecular weight excluding hydrogens is 612 g/mol. The molecule has 0 saturated carbocycles. The van der Waals surface area contributed by atoms with E-state index in [1.54, 1.807) is 0 Å². The molecule has 2 aliphatic heterocycles. The van der Waals surface area contributed by atoms with E-state index >= 15 is 9.59 Å². The first-order chi connectivity index (χ1) is 22.2. The van der Waals surface area contributed by atoms with Crippen LogP contribution in [0.1, 0.15) is 153 Å². The molecule has 7 nitrogen and oxygen atoms in total. The van der Waals surface area contributed by atoms with Crippen LogP contribution in [-0.2, 0) is 36.3 Å². The van der Waals surface area contributed by atoms with Gasteiger partial charge < -0.3 is 14.6 Å². The topological polar surface area (TPSA) is 79.3 Å². The zero-order valence-electron chi connectivity index (χ0n) is 34.3. The number of unbranched alkanes of at least 4 members (excludes halogenated alkanes) is 1. The summed E-state index contributed by atoms with van der Waals surface area (Å²) in [6, 6.07) is 4.39. The lowest BCUT2D eigenvalue weighted by molar-refractivity contribution is -0.191. The van der Waals surface area contributed by atoms with Crippen LogP contribution in [0, 0.1) is 17.3 Å². The molecule has 0 amide bonds. The number of ether oxygens (including phenoxy) is 2. The van der Waals surface area contributed by atoms with Gasteiger partial charge in [0.15, 0.2) is 5.41 Å². The highest BCUT2D eigenvalue weighted by Gasteiger charge is 2.53. The minimum Gasteiger partial charge on any atom is -0.507 e. The summed E-state index contributed by atoms with van der Waals surface area (Å²) in [6.07, 6.45) is 2.67. The fourth-order valence-corrected chi connectivity index (χ4v) is 8.16. The standard InChI is InChI=1S/C42H72N2O5/c1-18-19-20-42(36(46)48-33-24-40(12,13)43(16)28(4)26(33)2,37(47)49-34-25-41(14,15)44(17)29(5)27(34)3)23-30-21-31(38(6,7)8)35(45)32(22-30)39(9,10)11/h21-22,26-29,33-34,45H,18-20,23-25H2,1-17H3. The van der Waals surface area contributed by atoms with E-state index in [1.165, 1.54) is 0 Å². The van der Waals surface area contributed by atoms with Crippen molar-refractivity contribution < 1.29 is 24.2 Å². The maximum atomic E-state index is 15.0. The van der Waals surface area contributed by atoms with Gasteiger partial charge in [-0.15, -0.1) is 0 Å². The maximum absolute atomic E-state index is 15.0. The fourth-order valence-electron chi connectivity index (χ4n) is 8.16. The summed E-state index contributed by atoms with van der Waals surface area (Å²) in [6.45, 7) is 32.0. The lowest BCUT2D eigenvalue weighted by Crippen LogP contribution is -2.60. The summed E-state index contributed by atoms with van der Waals surface area (Å²) in [5.41, 5.74) is -0.144. The Bertz CT molecular complexity index is 1250. The molecule has 3 rings (SSSR count). The molecule has 49 heavy (non-hydrogen) atoms. The number of carbonyl (C=O) groups excluding carboxylic acids is 2. The van der Waals surface area contributed by atoms with Crippen LogP contribution < -0.4 is 0 Å². The molecule has 1 aromatic carbocycles. The van der Waals surface area contributed by atoms with E-state index in [2.05, 4.69) is 128 Å². The van der Waals surface area contributed by atoms with Crippen molar-refractivity contribution in [1.29, 1.82) is 0 Å². The van der Waals surface area contributed by atoms with E-state index in [9.17, 15) is 5.11 Å². The third-order valence-corrected chi connectivity index (χ3v) is 12.8. The second kappa shape index (κ2) is 14.5. The first-order valence-corrected chi connectivity index (χ1v) is 19.0. The van der Waals surface area contributed by atoms with Gasteiger partial charge in [0, 0.05) is 47.8 Å². The Kier molecular flexibility index (Phi) is 12.2. The Balaban J connectivity index is 2.22. The first-order valence-electron chi connectivity index (χ1n) is 19.0. The molecule has 7 heteroatoms. The van der Waals surface area contributed by atoms with Crippen LogP contribution in [0.25, 0.3) is 0 Å². The predicted molar refractivity (Wildman–Crippen MR) is 201 cm³/mol. The molecule has 2 heterocycles. The van der Waals surface area contributed by atoms with Crippen LogP contribution in [0.5, 0.6) is 5.75 Å². The van der Waals surface area contributed by atoms with E-state index in [4.69, 9.17) is 9.47 Å². The zero-order valence-corrected chi connectivity index (χ0v) is 34.3. The molecule has 0 aliphatic carbocycles. The molecule has 0 bridgehead atoms. The molecule has 0 aromatic heterocycles. The van der Waals surface area contributed by atoms with Gasteiger partial charge in [0.05, 0.1) is 0 Å². The number of rotatable bonds is 9. The van der Waals surface area contributed by atoms with Crippen LogP contribution >= 0.6 is 0 Å². The largest absolute Gasteiger partial charge is 0.507 e. The summed E-state index contributed by atoms with van der Waals surface area (Å²) in [5.74, 6) is -0.505. The summed E-state index contributed by atoms with van der Waals surface area (Å²) in [7, 11) is 4.27. The Labute approximate surface area is 299 Å². The number of benzene rings is 1. The van der Waals surface area contributed by atoms with E-state index in [0.717, 1.165) is 23.1 Å². The van der Waals surface area contributed by atoms with Crippen LogP contribution in [0.2, 0.25) is 0 Å². The molecule has 0 radical (unpaired) electrons. The molecule has 6 atom stereocenters. The third-order valence-electron chi connectivity index (χ3n) is 12.8. The summed E-state index contributed by atoms with van der Waals surface area (Å²) in [5, 5.41) is 11.5. The Hall–Kier alpha value is -2.12. The monoisotopic (exact) mass is 685 g/mol. The average Bonchev–Trinajstić information content (AvgIpc) is 2.97. The number of hydrogen-bond acceptors (Lipinski definition) is 7. The number of aromatic hydroxyl groups is 1. The lowest BCUT2D eigenvalue weighted by atomic mass is 9.73. The van der Waals surface area contributed by atoms with Crippen LogP contribution in [0.15, 0.2) is 12.1 Å². The van der Waals surface area contributed by atoms with Crippen LogP contribution in [-0.4, -0.2) is 76.3 Å². The number of piperidine rings is 2. The highest BCUT2D eigenvalue weighted by molar-refractivity contribution is 6.00. The Morgan fingerprint density at radius 1 is 0.776 bits per heavy atom. The van der Waals surface area contributed by atoms with Crippen molar-refractivity contribution in [2.45, 2.75) is 189 Å². The normalized spacial score (nSPS) is 29.2. The Morgan fingerprint density at radius 3 is 1.47 bits per heavy atom. The number of carbonyl (C=O) groups is 2. The van der Waals surface area contributed by atoms with Gasteiger partial charge >= 0.3 is 11.9 Å². The van der Waals surface area contributed by atoms with Gasteiger partial charge in [-0.05, 0) is 96.0 Å². The predicted octanol–water partition coefficient (Wildman–Crippen LogP) is 8.81. The third kappa shape index (κ3) is 8.51. The molecule has 2 fully saturated rings. The van der Waals surface area contributed by atoms with E-state index < -0.39 is 17.4 Å². The van der Waals surface area contributed by atoms with Gasteiger partial charge in [0.25, 0.3) is 0 Å². The maximum Gasteiger partial charge on any atom is 0.324 e. The number of phenols is 1. The van der Waals surface area contributed by atoms with Gasteiger partial charge in [-0.25, -0.2) is 0 Å². The molecule has 2 aliphatic rings. The number of phenolic OH excluding ortho intramolecular Hbond substituents is 1. The van der Waals surface area contributed by atoms with Gasteiger partial charge in [0.1, 0.15) is 18.0 Å². The summed E-state index contributed by atoms with van der Waals surface area (Å²) >= 11 is 0. The lowest BCUT2D eigenvalue weighted by Gasteiger charge is -2.51. The van der Waals surface area contributed by atoms with Gasteiger partial charge in [-0.3, -0.25) is 19.4 Å². The van der Waals surface area contributed by atoms with Crippen molar-refractivity contribution in [1.82, 2.24) is 9.80 Å². The van der Waals surface area contributed by atoms with Gasteiger partial charge in [0.2, 0.25) is 0 Å². The van der Waals surface area contributed by atoms with Crippen molar-refractivity contribution in [2.75, 3.05) is 14.1 Å². The van der Waals surface area contributed by atoms with Crippen LogP contribution in [0.4, 0.5) is 0 Å². The minimum atomic E-state index is -1.54. The van der Waals surface area contributed by atoms with Gasteiger partial charge in [-0.2, -0.15) is 0 Å². The Morgan fingerprint density at radius 2 is 1.14 bits per heavy atom. The number of likely N-dealkylation sites (tertiary alicyclic amines) is 2. The fraction of sp³-hybridized carbons (Fsp3) is 0.810. The average molecular weight is 685 g/mol. The number of nitrogens with zero attached hydrogens (tertiary/aromatic N) is 2. The van der Waals surface area contributed by atoms with Crippen molar-refractivity contribution in [3.05, 3.63) is 28.8 Å². The molecule has 0 spiro atoms. The smallest absolute Gasteiger partial charge is 0.324 e. The quantitative estimate of drug-likeness (QED) is 0.206. The molecular formula is C42H72N2O5. The van der Waals surface area contributed by atoms with E-state index in [1.807, 2.05) is 12.1 Å². The highest BCUT2D eigenvalue weighted by atomic mass is 16.6. The van der Waals surface area contributed by atoms with Gasteiger partial charge in [-0.1, -0.05) is 87.3 Å². The summed E-state index contributed by atoms with van der Waals surface area (Å²) in [4.78, 5) is 34.8. The minimum absolute atomic E-state index is 0.0890. The first kappa shape index (κ1) is 41.3. The van der Waals surface area contributed by atoms with Crippen molar-refractivity contribution in [3.8, 4) is 5.75 Å². The SMILES string of the molecule is CCCCC(Cc1cc(C(C)(C)C)c(O)c(C(C)(C)C)c1)(C(=O)OC1CC(C)(C)N(C)C(C)C1C)C(=O)OC1CC(C)(C)N(C)C(C)C1C. The number of hydrogen-bond donors (Lipinski definition) is 1. The van der Waals surface area contributed by atoms with Crippen LogP contribution in [0.3, 0.4) is 0 Å². The molecule has 1 aromatic rings. The second-order valence-corrected chi connectivity index (χ2v) is 19.2. The molecule has 6 unspecified atom stereocenters. The van der Waals surface area contributed by atoms with Crippen molar-refractivity contribution >= 4 is 11.9 Å². The highest BCUT2D eigenvalue weighted by Crippen LogP contribution is 2.45. The van der Waals surface area contributed by atoms with E-state index in [0.29, 0.717) is 25.7 Å². The molecule has 280 valence electrons. The molecule has 2 saturated heterocycles. The van der Waals surface area contributed by atoms with Crippen molar-refractivity contribution in [2.24, 2.45) is 17.3 Å².